The number of hydrogen-bond donors (Lipinski definition) is 2. The fraction of sp³-hybridized carbons (Fsp3) is 0.321. The standard InChI is InChI=1S/C28H29FN6O/c1-17-12-20(9-10-30-17)27-24-13-21-15-35(28(36)31-25(21)14-26(24)32-33-27)23-4-3-11-34(16-23)18(2)19-5-7-22(29)8-6-19/h5-10,12-14,18,23H,3-4,11,15-16H2,1-2H3,(H,31,36)(H,32,33)/t18?,23-/m1/s1. The summed E-state index contributed by atoms with van der Waals surface area (Å²) in [6, 6.07) is 15.1. The highest BCUT2D eigenvalue weighted by atomic mass is 19.1. The molecule has 2 N–H and O–H groups in total. The third kappa shape index (κ3) is 4.11. The quantitative estimate of drug-likeness (QED) is 0.393. The average Bonchev–Trinajstić information content (AvgIpc) is 3.30. The van der Waals surface area contributed by atoms with Crippen LogP contribution in [0.25, 0.3) is 22.2 Å². The second-order valence-electron chi connectivity index (χ2n) is 9.89. The van der Waals surface area contributed by atoms with Crippen LogP contribution in [0.1, 0.15) is 42.6 Å². The van der Waals surface area contributed by atoms with Crippen LogP contribution in [0.5, 0.6) is 0 Å². The van der Waals surface area contributed by atoms with Crippen molar-refractivity contribution in [2.24, 2.45) is 0 Å². The van der Waals surface area contributed by atoms with Crippen LogP contribution in [-0.4, -0.2) is 50.1 Å². The van der Waals surface area contributed by atoms with Crippen molar-refractivity contribution in [1.29, 1.82) is 0 Å². The maximum absolute atomic E-state index is 13.4. The van der Waals surface area contributed by atoms with Gasteiger partial charge in [-0.3, -0.25) is 15.0 Å². The molecule has 7 nitrogen and oxygen atoms in total. The summed E-state index contributed by atoms with van der Waals surface area (Å²) in [5.41, 5.74) is 6.74. The number of pyridine rings is 1. The molecule has 2 aliphatic heterocycles. The normalized spacial score (nSPS) is 19.2. The third-order valence-corrected chi connectivity index (χ3v) is 7.57. The number of hydrogen-bond acceptors (Lipinski definition) is 4. The molecule has 8 heteroatoms. The van der Waals surface area contributed by atoms with Crippen LogP contribution in [-0.2, 0) is 6.54 Å². The summed E-state index contributed by atoms with van der Waals surface area (Å²) in [6.07, 6.45) is 3.78. The number of aromatic amines is 1. The first-order valence-corrected chi connectivity index (χ1v) is 12.5. The lowest BCUT2D eigenvalue weighted by Crippen LogP contribution is -2.52. The van der Waals surface area contributed by atoms with Crippen molar-refractivity contribution in [2.45, 2.75) is 45.3 Å². The minimum atomic E-state index is -0.222. The zero-order valence-electron chi connectivity index (χ0n) is 20.5. The Morgan fingerprint density at radius 2 is 1.97 bits per heavy atom. The van der Waals surface area contributed by atoms with Crippen molar-refractivity contribution in [1.82, 2.24) is 25.0 Å². The van der Waals surface area contributed by atoms with E-state index in [0.717, 1.165) is 70.6 Å². The summed E-state index contributed by atoms with van der Waals surface area (Å²) < 4.78 is 13.4. The number of rotatable bonds is 4. The summed E-state index contributed by atoms with van der Waals surface area (Å²) in [4.78, 5) is 21.8. The predicted octanol–water partition coefficient (Wildman–Crippen LogP) is 5.65. The minimum Gasteiger partial charge on any atom is -0.316 e. The molecule has 2 aromatic carbocycles. The molecule has 2 aromatic heterocycles. The lowest BCUT2D eigenvalue weighted by Gasteiger charge is -2.43. The van der Waals surface area contributed by atoms with E-state index in [2.05, 4.69) is 38.4 Å². The number of H-pyrrole nitrogens is 1. The van der Waals surface area contributed by atoms with Crippen LogP contribution < -0.4 is 5.32 Å². The molecule has 0 spiro atoms. The Hall–Kier alpha value is -3.78. The number of anilines is 1. The van der Waals surface area contributed by atoms with E-state index in [1.807, 2.05) is 42.2 Å². The van der Waals surface area contributed by atoms with E-state index < -0.39 is 0 Å². The van der Waals surface area contributed by atoms with Gasteiger partial charge in [-0.1, -0.05) is 12.1 Å². The van der Waals surface area contributed by atoms with Crippen molar-refractivity contribution >= 4 is 22.6 Å². The second kappa shape index (κ2) is 9.02. The van der Waals surface area contributed by atoms with Gasteiger partial charge in [0.05, 0.1) is 5.52 Å². The molecule has 4 heterocycles. The van der Waals surface area contributed by atoms with Gasteiger partial charge >= 0.3 is 6.03 Å². The molecular weight excluding hydrogens is 455 g/mol. The molecule has 1 saturated heterocycles. The Morgan fingerprint density at radius 1 is 1.14 bits per heavy atom. The van der Waals surface area contributed by atoms with E-state index in [4.69, 9.17) is 0 Å². The number of nitrogens with one attached hydrogen (secondary N) is 2. The smallest absolute Gasteiger partial charge is 0.316 e. The summed E-state index contributed by atoms with van der Waals surface area (Å²) in [7, 11) is 0. The van der Waals surface area contributed by atoms with Crippen LogP contribution in [0.2, 0.25) is 0 Å². The maximum atomic E-state index is 13.4. The summed E-state index contributed by atoms with van der Waals surface area (Å²) in [6.45, 7) is 6.43. The fourth-order valence-corrected chi connectivity index (χ4v) is 5.55. The highest BCUT2D eigenvalue weighted by Gasteiger charge is 2.34. The third-order valence-electron chi connectivity index (χ3n) is 7.57. The van der Waals surface area contributed by atoms with Crippen molar-refractivity contribution in [3.8, 4) is 11.3 Å². The van der Waals surface area contributed by atoms with Gasteiger partial charge in [0, 0.05) is 53.7 Å². The summed E-state index contributed by atoms with van der Waals surface area (Å²) >= 11 is 0. The lowest BCUT2D eigenvalue weighted by molar-refractivity contribution is 0.0891. The molecular formula is C28H29FN6O. The number of urea groups is 1. The summed E-state index contributed by atoms with van der Waals surface area (Å²) in [5.74, 6) is -0.222. The van der Waals surface area contributed by atoms with E-state index in [9.17, 15) is 9.18 Å². The summed E-state index contributed by atoms with van der Waals surface area (Å²) in [5, 5.41) is 11.8. The second-order valence-corrected chi connectivity index (χ2v) is 9.89. The Labute approximate surface area is 209 Å². The number of piperidine rings is 1. The molecule has 4 aromatic rings. The monoisotopic (exact) mass is 484 g/mol. The van der Waals surface area contributed by atoms with E-state index in [1.54, 1.807) is 6.20 Å². The van der Waals surface area contributed by atoms with Crippen LogP contribution in [0.4, 0.5) is 14.9 Å². The highest BCUT2D eigenvalue weighted by Crippen LogP contribution is 2.35. The van der Waals surface area contributed by atoms with Gasteiger partial charge in [-0.25, -0.2) is 9.18 Å². The predicted molar refractivity (Wildman–Crippen MR) is 138 cm³/mol. The Morgan fingerprint density at radius 3 is 2.78 bits per heavy atom. The first-order valence-electron chi connectivity index (χ1n) is 12.5. The number of aromatic nitrogens is 3. The molecule has 0 radical (unpaired) electrons. The molecule has 184 valence electrons. The largest absolute Gasteiger partial charge is 0.322 e. The number of nitrogens with zero attached hydrogens (tertiary/aromatic N) is 4. The minimum absolute atomic E-state index is 0.0624. The Balaban J connectivity index is 1.26. The molecule has 2 atom stereocenters. The van der Waals surface area contributed by atoms with Gasteiger partial charge in [-0.05, 0) is 80.8 Å². The van der Waals surface area contributed by atoms with Gasteiger partial charge in [-0.15, -0.1) is 0 Å². The van der Waals surface area contributed by atoms with Gasteiger partial charge < -0.3 is 10.2 Å². The van der Waals surface area contributed by atoms with Crippen LogP contribution in [0.3, 0.4) is 0 Å². The number of likely N-dealkylation sites (tertiary alicyclic amines) is 1. The van der Waals surface area contributed by atoms with Crippen molar-refractivity contribution in [3.63, 3.8) is 0 Å². The number of benzene rings is 2. The average molecular weight is 485 g/mol. The van der Waals surface area contributed by atoms with E-state index in [0.29, 0.717) is 6.54 Å². The highest BCUT2D eigenvalue weighted by molar-refractivity contribution is 6.00. The molecule has 1 unspecified atom stereocenters. The molecule has 36 heavy (non-hydrogen) atoms. The van der Waals surface area contributed by atoms with E-state index in [1.165, 1.54) is 12.1 Å². The molecule has 2 amide bonds. The topological polar surface area (TPSA) is 77.2 Å². The zero-order valence-corrected chi connectivity index (χ0v) is 20.5. The lowest BCUT2D eigenvalue weighted by atomic mass is 9.97. The first-order chi connectivity index (χ1) is 17.5. The van der Waals surface area contributed by atoms with Crippen molar-refractivity contribution in [2.75, 3.05) is 18.4 Å². The van der Waals surface area contributed by atoms with Gasteiger partial charge in [-0.2, -0.15) is 5.10 Å². The van der Waals surface area contributed by atoms with Gasteiger partial charge in [0.25, 0.3) is 0 Å². The van der Waals surface area contributed by atoms with Gasteiger partial charge in [0.2, 0.25) is 0 Å². The van der Waals surface area contributed by atoms with Crippen LogP contribution in [0.15, 0.2) is 54.7 Å². The van der Waals surface area contributed by atoms with Crippen molar-refractivity contribution < 1.29 is 9.18 Å². The number of amides is 2. The number of halogens is 1. The van der Waals surface area contributed by atoms with E-state index >= 15 is 0 Å². The van der Waals surface area contributed by atoms with Crippen LogP contribution >= 0.6 is 0 Å². The Kier molecular flexibility index (Phi) is 5.68. The number of carbonyl (C=O) groups excluding carboxylic acids is 1. The van der Waals surface area contributed by atoms with E-state index in [-0.39, 0.29) is 23.9 Å². The zero-order chi connectivity index (χ0) is 24.8. The van der Waals surface area contributed by atoms with Crippen molar-refractivity contribution in [3.05, 3.63) is 77.4 Å². The number of aryl methyl sites for hydroxylation is 1. The molecule has 0 saturated carbocycles. The number of fused-ring (bicyclic) bond motifs is 2. The molecule has 0 bridgehead atoms. The van der Waals surface area contributed by atoms with Gasteiger partial charge in [0.15, 0.2) is 0 Å². The molecule has 0 aliphatic carbocycles. The molecule has 2 aliphatic rings. The fourth-order valence-electron chi connectivity index (χ4n) is 5.55. The maximum Gasteiger partial charge on any atom is 0.322 e. The van der Waals surface area contributed by atoms with Crippen LogP contribution in [0, 0.1) is 12.7 Å². The SMILES string of the molecule is Cc1cc(-c2n[nH]c3cc4c(cc23)CN([C@@H]2CCCN(C(C)c3ccc(F)cc3)C2)C(=O)N4)ccn1. The molecule has 1 fully saturated rings. The van der Waals surface area contributed by atoms with Gasteiger partial charge in [0.1, 0.15) is 11.5 Å². The number of carbonyl (C=O) groups is 1. The first kappa shape index (κ1) is 22.7. The Bertz CT molecular complexity index is 1430. The molecule has 6 rings (SSSR count).